The smallest absolute Gasteiger partial charge is 0.0774 e. The Labute approximate surface area is 97.3 Å². The van der Waals surface area contributed by atoms with Crippen molar-refractivity contribution >= 4 is 8.46 Å². The molecule has 2 aromatic rings. The molecular formula is C14H14OP+. The second-order valence-corrected chi connectivity index (χ2v) is 4.42. The molecule has 0 N–H and O–H groups in total. The van der Waals surface area contributed by atoms with Crippen LogP contribution in [0.25, 0.3) is 0 Å². The minimum absolute atomic E-state index is 0.248. The van der Waals surface area contributed by atoms with Gasteiger partial charge < -0.3 is 0 Å². The molecule has 2 heteroatoms. The molecule has 2 aromatic carbocycles. The van der Waals surface area contributed by atoms with Crippen molar-refractivity contribution in [3.63, 3.8) is 0 Å². The van der Waals surface area contributed by atoms with Gasteiger partial charge in [-0.05, 0) is 11.1 Å². The van der Waals surface area contributed by atoms with E-state index in [1.165, 1.54) is 11.1 Å². The summed E-state index contributed by atoms with van der Waals surface area (Å²) in [5, 5.41) is 0. The lowest BCUT2D eigenvalue weighted by Gasteiger charge is -2.11. The quantitative estimate of drug-likeness (QED) is 0.728. The van der Waals surface area contributed by atoms with Crippen molar-refractivity contribution in [2.45, 2.75) is 5.92 Å². The van der Waals surface area contributed by atoms with Gasteiger partial charge in [0.2, 0.25) is 0 Å². The summed E-state index contributed by atoms with van der Waals surface area (Å²) in [6.45, 7) is 0. The summed E-state index contributed by atoms with van der Waals surface area (Å²) in [6, 6.07) is 20.5. The Morgan fingerprint density at radius 1 is 0.812 bits per heavy atom. The molecule has 0 aliphatic heterocycles. The van der Waals surface area contributed by atoms with Crippen molar-refractivity contribution in [3.8, 4) is 0 Å². The minimum Gasteiger partial charge on any atom is -0.0774 e. The maximum Gasteiger partial charge on any atom is 0.325 e. The zero-order valence-electron chi connectivity index (χ0n) is 8.97. The Kier molecular flexibility index (Phi) is 3.85. The fourth-order valence-electron chi connectivity index (χ4n) is 1.88. The number of benzene rings is 2. The monoisotopic (exact) mass is 229 g/mol. The number of hydrogen-bond acceptors (Lipinski definition) is 1. The first-order valence-electron chi connectivity index (χ1n) is 5.36. The molecule has 80 valence electrons. The van der Waals surface area contributed by atoms with Crippen molar-refractivity contribution in [1.82, 2.24) is 0 Å². The Hall–Kier alpha value is -1.46. The highest BCUT2D eigenvalue weighted by Crippen LogP contribution is 2.27. The summed E-state index contributed by atoms with van der Waals surface area (Å²) < 4.78 is 10.9. The Morgan fingerprint density at radius 3 is 1.62 bits per heavy atom. The molecule has 2 rings (SSSR count). The van der Waals surface area contributed by atoms with Crippen LogP contribution in [0.2, 0.25) is 0 Å². The molecule has 1 atom stereocenters. The van der Waals surface area contributed by atoms with E-state index in [0.717, 1.165) is 0 Å². The molecule has 0 spiro atoms. The van der Waals surface area contributed by atoms with Crippen LogP contribution in [0.4, 0.5) is 0 Å². The van der Waals surface area contributed by atoms with Crippen LogP contribution in [-0.2, 0) is 4.57 Å². The van der Waals surface area contributed by atoms with E-state index in [-0.39, 0.29) is 14.4 Å². The summed E-state index contributed by atoms with van der Waals surface area (Å²) in [7, 11) is -0.261. The highest BCUT2D eigenvalue weighted by Gasteiger charge is 2.16. The lowest BCUT2D eigenvalue weighted by molar-refractivity contribution is 0.596. The first kappa shape index (κ1) is 11.0. The van der Waals surface area contributed by atoms with Crippen molar-refractivity contribution in [2.24, 2.45) is 0 Å². The van der Waals surface area contributed by atoms with Crippen molar-refractivity contribution in [2.75, 3.05) is 6.16 Å². The summed E-state index contributed by atoms with van der Waals surface area (Å²) in [6.07, 6.45) is 0.689. The highest BCUT2D eigenvalue weighted by atomic mass is 31.1. The van der Waals surface area contributed by atoms with Crippen molar-refractivity contribution in [1.29, 1.82) is 0 Å². The molecule has 0 radical (unpaired) electrons. The van der Waals surface area contributed by atoms with E-state index in [1.807, 2.05) is 36.4 Å². The molecule has 0 amide bonds. The fraction of sp³-hybridized carbons (Fsp3) is 0.143. The van der Waals surface area contributed by atoms with E-state index >= 15 is 0 Å². The van der Waals surface area contributed by atoms with Crippen LogP contribution in [-0.4, -0.2) is 6.16 Å². The summed E-state index contributed by atoms with van der Waals surface area (Å²) in [5.41, 5.74) is 2.47. The van der Waals surface area contributed by atoms with Crippen LogP contribution in [0.5, 0.6) is 0 Å². The molecule has 0 heterocycles. The Bertz CT molecular complexity index is 399. The highest BCUT2D eigenvalue weighted by molar-refractivity contribution is 7.23. The average Bonchev–Trinajstić information content (AvgIpc) is 2.38. The molecule has 0 saturated carbocycles. The zero-order valence-corrected chi connectivity index (χ0v) is 9.97. The third-order valence-corrected chi connectivity index (χ3v) is 3.27. The van der Waals surface area contributed by atoms with E-state index in [4.69, 9.17) is 0 Å². The molecule has 0 aliphatic carbocycles. The summed E-state index contributed by atoms with van der Waals surface area (Å²) in [4.78, 5) is 0. The second kappa shape index (κ2) is 5.58. The van der Waals surface area contributed by atoms with E-state index in [0.29, 0.717) is 6.16 Å². The van der Waals surface area contributed by atoms with Gasteiger partial charge in [-0.1, -0.05) is 65.2 Å². The molecule has 16 heavy (non-hydrogen) atoms. The molecular weight excluding hydrogens is 215 g/mol. The predicted molar refractivity (Wildman–Crippen MR) is 68.6 cm³/mol. The van der Waals surface area contributed by atoms with Crippen LogP contribution in [0.15, 0.2) is 60.7 Å². The molecule has 0 fully saturated rings. The van der Waals surface area contributed by atoms with Crippen LogP contribution in [0.3, 0.4) is 0 Å². The maximum absolute atomic E-state index is 10.9. The van der Waals surface area contributed by atoms with Crippen LogP contribution >= 0.6 is 8.46 Å². The van der Waals surface area contributed by atoms with E-state index in [2.05, 4.69) is 24.3 Å². The SMILES string of the molecule is O=[PH+]CC(c1ccccc1)c1ccccc1. The van der Waals surface area contributed by atoms with Crippen molar-refractivity contribution in [3.05, 3.63) is 71.8 Å². The molecule has 0 aromatic heterocycles. The van der Waals surface area contributed by atoms with Gasteiger partial charge in [0, 0.05) is 0 Å². The zero-order chi connectivity index (χ0) is 11.2. The summed E-state index contributed by atoms with van der Waals surface area (Å²) in [5.74, 6) is 0.248. The van der Waals surface area contributed by atoms with E-state index in [1.54, 1.807) is 0 Å². The normalized spacial score (nSPS) is 10.8. The number of rotatable bonds is 4. The predicted octanol–water partition coefficient (Wildman–Crippen LogP) is 3.84. The third-order valence-electron chi connectivity index (χ3n) is 2.69. The largest absolute Gasteiger partial charge is 0.325 e. The van der Waals surface area contributed by atoms with Gasteiger partial charge in [-0.25, -0.2) is 0 Å². The lowest BCUT2D eigenvalue weighted by atomic mass is 9.93. The van der Waals surface area contributed by atoms with E-state index < -0.39 is 0 Å². The molecule has 0 bridgehead atoms. The summed E-state index contributed by atoms with van der Waals surface area (Å²) >= 11 is 0. The first-order valence-corrected chi connectivity index (χ1v) is 6.48. The topological polar surface area (TPSA) is 17.1 Å². The van der Waals surface area contributed by atoms with Gasteiger partial charge in [0.25, 0.3) is 0 Å². The average molecular weight is 229 g/mol. The van der Waals surface area contributed by atoms with Crippen LogP contribution in [0, 0.1) is 0 Å². The maximum atomic E-state index is 10.9. The fourth-order valence-corrected chi connectivity index (χ4v) is 2.52. The van der Waals surface area contributed by atoms with Gasteiger partial charge in [0.1, 0.15) is 0 Å². The van der Waals surface area contributed by atoms with Gasteiger partial charge in [-0.15, -0.1) is 0 Å². The second-order valence-electron chi connectivity index (χ2n) is 3.72. The number of hydrogen-bond donors (Lipinski definition) is 0. The Balaban J connectivity index is 2.35. The van der Waals surface area contributed by atoms with Crippen LogP contribution in [0.1, 0.15) is 17.0 Å². The molecule has 1 unspecified atom stereocenters. The van der Waals surface area contributed by atoms with Gasteiger partial charge in [-0.2, -0.15) is 0 Å². The molecule has 1 nitrogen and oxygen atoms in total. The minimum atomic E-state index is -0.261. The van der Waals surface area contributed by atoms with Gasteiger partial charge in [0.05, 0.1) is 5.92 Å². The Morgan fingerprint density at radius 2 is 1.25 bits per heavy atom. The standard InChI is InChI=1S/C14H13OP/c15-16-11-14(12-7-3-1-4-8-12)13-9-5-2-6-10-13/h1-10,14H,11H2/p+1. The third kappa shape index (κ3) is 2.56. The van der Waals surface area contributed by atoms with Gasteiger partial charge >= 0.3 is 8.46 Å². The van der Waals surface area contributed by atoms with Gasteiger partial charge in [-0.3, -0.25) is 0 Å². The van der Waals surface area contributed by atoms with Crippen molar-refractivity contribution < 1.29 is 4.57 Å². The molecule has 0 aliphatic rings. The van der Waals surface area contributed by atoms with Crippen LogP contribution < -0.4 is 0 Å². The first-order chi connectivity index (χ1) is 7.92. The lowest BCUT2D eigenvalue weighted by Crippen LogP contribution is -2.02. The van der Waals surface area contributed by atoms with Gasteiger partial charge in [0.15, 0.2) is 6.16 Å². The van der Waals surface area contributed by atoms with E-state index in [9.17, 15) is 4.57 Å². The molecule has 0 saturated heterocycles.